The molecule has 0 saturated carbocycles. The van der Waals surface area contributed by atoms with Crippen molar-refractivity contribution < 1.29 is 4.92 Å². The fourth-order valence-corrected chi connectivity index (χ4v) is 6.09. The highest BCUT2D eigenvalue weighted by Gasteiger charge is 2.48. The van der Waals surface area contributed by atoms with E-state index in [-0.39, 0.29) is 16.5 Å². The van der Waals surface area contributed by atoms with E-state index in [1.165, 1.54) is 11.3 Å². The van der Waals surface area contributed by atoms with E-state index < -0.39 is 0 Å². The summed E-state index contributed by atoms with van der Waals surface area (Å²) in [6, 6.07) is 14.8. The van der Waals surface area contributed by atoms with Crippen LogP contribution in [0, 0.1) is 22.0 Å². The zero-order valence-corrected chi connectivity index (χ0v) is 15.6. The molecule has 0 radical (unpaired) electrons. The third-order valence-electron chi connectivity index (χ3n) is 7.19. The number of hydrogen-bond acceptors (Lipinski definition) is 3. The number of nitro benzene ring substituents is 1. The lowest BCUT2D eigenvalue weighted by Gasteiger charge is -2.51. The molecule has 0 bridgehead atoms. The number of nitrogens with zero attached hydrogens (tertiary/aromatic N) is 2. The van der Waals surface area contributed by atoms with Crippen LogP contribution in [0.15, 0.2) is 66.8 Å². The van der Waals surface area contributed by atoms with Gasteiger partial charge in [0, 0.05) is 36.2 Å². The second-order valence-electron chi connectivity index (χ2n) is 8.54. The zero-order chi connectivity index (χ0) is 18.8. The van der Waals surface area contributed by atoms with Crippen molar-refractivity contribution in [1.82, 2.24) is 0 Å². The predicted octanol–water partition coefficient (Wildman–Crippen LogP) is 5.49. The third kappa shape index (κ3) is 2.12. The van der Waals surface area contributed by atoms with Gasteiger partial charge in [0.25, 0.3) is 5.69 Å². The van der Waals surface area contributed by atoms with Crippen molar-refractivity contribution in [3.05, 3.63) is 93.6 Å². The summed E-state index contributed by atoms with van der Waals surface area (Å²) in [4.78, 5) is 14.0. The summed E-state index contributed by atoms with van der Waals surface area (Å²) in [7, 11) is 0. The van der Waals surface area contributed by atoms with Gasteiger partial charge in [0.1, 0.15) is 0 Å². The first-order valence-electron chi connectivity index (χ1n) is 10.2. The van der Waals surface area contributed by atoms with E-state index >= 15 is 0 Å². The molecule has 0 N–H and O–H groups in total. The molecular formula is C24H22N2O2. The fourth-order valence-electron chi connectivity index (χ4n) is 6.09. The van der Waals surface area contributed by atoms with Gasteiger partial charge >= 0.3 is 0 Å². The Bertz CT molecular complexity index is 1010. The molecule has 0 amide bonds. The van der Waals surface area contributed by atoms with Crippen molar-refractivity contribution in [2.24, 2.45) is 11.8 Å². The van der Waals surface area contributed by atoms with Gasteiger partial charge in [-0.1, -0.05) is 54.6 Å². The molecule has 2 aromatic rings. The van der Waals surface area contributed by atoms with Crippen LogP contribution in [0.2, 0.25) is 0 Å². The van der Waals surface area contributed by atoms with Crippen LogP contribution < -0.4 is 4.90 Å². The second-order valence-corrected chi connectivity index (χ2v) is 8.54. The molecule has 0 aromatic heterocycles. The van der Waals surface area contributed by atoms with Crippen LogP contribution in [-0.4, -0.2) is 11.5 Å². The minimum atomic E-state index is -0.222. The highest BCUT2D eigenvalue weighted by atomic mass is 16.6. The van der Waals surface area contributed by atoms with Crippen LogP contribution in [0.4, 0.5) is 11.4 Å². The molecule has 2 aromatic carbocycles. The molecular weight excluding hydrogens is 348 g/mol. The molecule has 6 rings (SSSR count). The molecule has 5 unspecified atom stereocenters. The lowest BCUT2D eigenvalue weighted by Crippen LogP contribution is -2.46. The second kappa shape index (κ2) is 5.81. The molecule has 0 fully saturated rings. The van der Waals surface area contributed by atoms with Gasteiger partial charge in [0.05, 0.1) is 11.0 Å². The van der Waals surface area contributed by atoms with Gasteiger partial charge < -0.3 is 4.90 Å². The number of non-ortho nitro benzene ring substituents is 1. The Labute approximate surface area is 164 Å². The summed E-state index contributed by atoms with van der Waals surface area (Å²) in [6.07, 6.45) is 11.2. The van der Waals surface area contributed by atoms with E-state index in [2.05, 4.69) is 59.5 Å². The maximum atomic E-state index is 11.7. The Morgan fingerprint density at radius 3 is 2.46 bits per heavy atom. The van der Waals surface area contributed by atoms with E-state index in [0.29, 0.717) is 23.8 Å². The Hall–Kier alpha value is -2.88. The van der Waals surface area contributed by atoms with Gasteiger partial charge in [0.15, 0.2) is 0 Å². The number of nitro groups is 1. The quantitative estimate of drug-likeness (QED) is 0.399. The zero-order valence-electron chi connectivity index (χ0n) is 15.6. The van der Waals surface area contributed by atoms with Crippen molar-refractivity contribution in [2.45, 2.75) is 30.7 Å². The van der Waals surface area contributed by atoms with Gasteiger partial charge in [0.2, 0.25) is 0 Å². The lowest BCUT2D eigenvalue weighted by molar-refractivity contribution is -0.385. The number of hydrogen-bond donors (Lipinski definition) is 0. The normalized spacial score (nSPS) is 31.4. The SMILES string of the molecule is O=[N+]([O-])c1cc2c3c(c1)C1C=CCC1C(c1ccccc1)N3CC1CC=CC21. The first-order valence-corrected chi connectivity index (χ1v) is 10.2. The van der Waals surface area contributed by atoms with Gasteiger partial charge in [-0.3, -0.25) is 10.1 Å². The number of allylic oxidation sites excluding steroid dienone is 4. The van der Waals surface area contributed by atoms with Crippen LogP contribution in [0.1, 0.15) is 47.4 Å². The van der Waals surface area contributed by atoms with Crippen LogP contribution >= 0.6 is 0 Å². The maximum absolute atomic E-state index is 11.7. The predicted molar refractivity (Wildman–Crippen MR) is 110 cm³/mol. The van der Waals surface area contributed by atoms with E-state index in [4.69, 9.17) is 0 Å². The molecule has 5 atom stereocenters. The van der Waals surface area contributed by atoms with Gasteiger partial charge in [-0.2, -0.15) is 0 Å². The summed E-state index contributed by atoms with van der Waals surface area (Å²) in [5, 5.41) is 11.7. The van der Waals surface area contributed by atoms with E-state index in [1.54, 1.807) is 0 Å². The van der Waals surface area contributed by atoms with Crippen molar-refractivity contribution >= 4 is 11.4 Å². The van der Waals surface area contributed by atoms with E-state index in [0.717, 1.165) is 30.5 Å². The Morgan fingerprint density at radius 2 is 1.68 bits per heavy atom. The highest BCUT2D eigenvalue weighted by molar-refractivity contribution is 5.72. The third-order valence-corrected chi connectivity index (χ3v) is 7.19. The van der Waals surface area contributed by atoms with Crippen LogP contribution in [0.5, 0.6) is 0 Å². The maximum Gasteiger partial charge on any atom is 0.270 e. The molecule has 4 nitrogen and oxygen atoms in total. The number of anilines is 1. The minimum absolute atomic E-state index is 0.222. The first-order chi connectivity index (χ1) is 13.7. The lowest BCUT2D eigenvalue weighted by atomic mass is 9.70. The Morgan fingerprint density at radius 1 is 0.964 bits per heavy atom. The average molecular weight is 370 g/mol. The van der Waals surface area contributed by atoms with Gasteiger partial charge in [-0.15, -0.1) is 0 Å². The van der Waals surface area contributed by atoms with E-state index in [1.807, 2.05) is 12.1 Å². The molecule has 140 valence electrons. The molecule has 4 aliphatic rings. The van der Waals surface area contributed by atoms with Gasteiger partial charge in [-0.25, -0.2) is 0 Å². The van der Waals surface area contributed by atoms with Crippen molar-refractivity contribution in [3.63, 3.8) is 0 Å². The highest BCUT2D eigenvalue weighted by Crippen LogP contribution is 2.59. The fraction of sp³-hybridized carbons (Fsp3) is 0.333. The molecule has 2 aliphatic carbocycles. The standard InChI is InChI=1S/C24H22N2O2/c27-26(28)17-12-21-18-9-4-8-16(18)14-25-23(15-6-2-1-3-7-15)20-11-5-10-19(20)22(13-17)24(21)25/h1-7,9-10,12-13,16,18-20,23H,8,11,14H2. The van der Waals surface area contributed by atoms with Crippen LogP contribution in [-0.2, 0) is 0 Å². The van der Waals surface area contributed by atoms with Gasteiger partial charge in [-0.05, 0) is 41.4 Å². The number of fused-ring (bicyclic) bond motifs is 4. The molecule has 0 spiro atoms. The van der Waals surface area contributed by atoms with Crippen molar-refractivity contribution in [2.75, 3.05) is 11.4 Å². The largest absolute Gasteiger partial charge is 0.363 e. The first kappa shape index (κ1) is 16.1. The summed E-state index contributed by atoms with van der Waals surface area (Å²) in [6.45, 7) is 1.03. The number of benzene rings is 2. The topological polar surface area (TPSA) is 46.4 Å². The summed E-state index contributed by atoms with van der Waals surface area (Å²) < 4.78 is 0. The summed E-state index contributed by atoms with van der Waals surface area (Å²) in [5.74, 6) is 1.52. The minimum Gasteiger partial charge on any atom is -0.363 e. The average Bonchev–Trinajstić information content (AvgIpc) is 3.38. The van der Waals surface area contributed by atoms with Crippen LogP contribution in [0.3, 0.4) is 0 Å². The molecule has 2 aliphatic heterocycles. The number of rotatable bonds is 2. The molecule has 4 heteroatoms. The monoisotopic (exact) mass is 370 g/mol. The van der Waals surface area contributed by atoms with Crippen LogP contribution in [0.25, 0.3) is 0 Å². The van der Waals surface area contributed by atoms with Crippen molar-refractivity contribution in [3.8, 4) is 0 Å². The smallest absolute Gasteiger partial charge is 0.270 e. The van der Waals surface area contributed by atoms with E-state index in [9.17, 15) is 10.1 Å². The summed E-state index contributed by atoms with van der Waals surface area (Å²) in [5.41, 5.74) is 5.19. The molecule has 28 heavy (non-hydrogen) atoms. The molecule has 2 heterocycles. The van der Waals surface area contributed by atoms with Crippen molar-refractivity contribution in [1.29, 1.82) is 0 Å². The Kier molecular flexibility index (Phi) is 3.34. The molecule has 0 saturated heterocycles. The summed E-state index contributed by atoms with van der Waals surface area (Å²) >= 11 is 0. The Balaban J connectivity index is 1.61.